The second kappa shape index (κ2) is 7.11. The van der Waals surface area contributed by atoms with Gasteiger partial charge in [-0.3, -0.25) is 4.79 Å². The Kier molecular flexibility index (Phi) is 4.68. The molecule has 1 aromatic heterocycles. The molecule has 26 heavy (non-hydrogen) atoms. The third-order valence-corrected chi connectivity index (χ3v) is 5.14. The van der Waals surface area contributed by atoms with Crippen LogP contribution in [0.25, 0.3) is 0 Å². The van der Waals surface area contributed by atoms with Crippen molar-refractivity contribution in [2.75, 3.05) is 29.9 Å². The number of carbonyl (C=O) groups is 1. The van der Waals surface area contributed by atoms with Crippen molar-refractivity contribution < 1.29 is 4.79 Å². The van der Waals surface area contributed by atoms with Crippen LogP contribution in [0, 0.1) is 0 Å². The van der Waals surface area contributed by atoms with Crippen LogP contribution in [0.5, 0.6) is 0 Å². The summed E-state index contributed by atoms with van der Waals surface area (Å²) >= 11 is 6.11. The van der Waals surface area contributed by atoms with E-state index in [2.05, 4.69) is 27.1 Å². The van der Waals surface area contributed by atoms with Gasteiger partial charge in [-0.25, -0.2) is 9.97 Å². The Morgan fingerprint density at radius 2 is 1.96 bits per heavy atom. The molecule has 1 amide bonds. The predicted molar refractivity (Wildman–Crippen MR) is 103 cm³/mol. The molecular weight excluding hydrogens is 350 g/mol. The largest absolute Gasteiger partial charge is 0.361 e. The van der Waals surface area contributed by atoms with Crippen molar-refractivity contribution in [1.82, 2.24) is 14.9 Å². The second-order valence-electron chi connectivity index (χ2n) is 6.75. The number of fused-ring (bicyclic) bond motifs is 1. The Morgan fingerprint density at radius 3 is 2.65 bits per heavy atom. The molecule has 3 heterocycles. The number of carbonyl (C=O) groups excluding carboxylic acids is 1. The fourth-order valence-corrected chi connectivity index (χ4v) is 3.78. The summed E-state index contributed by atoms with van der Waals surface area (Å²) in [4.78, 5) is 26.1. The van der Waals surface area contributed by atoms with Crippen molar-refractivity contribution >= 4 is 29.1 Å². The number of aromatic nitrogens is 2. The van der Waals surface area contributed by atoms with Crippen LogP contribution in [-0.4, -0.2) is 40.4 Å². The van der Waals surface area contributed by atoms with Crippen molar-refractivity contribution in [3.05, 3.63) is 46.7 Å². The molecule has 0 saturated carbocycles. The summed E-state index contributed by atoms with van der Waals surface area (Å²) in [5, 5.41) is 4.04. The molecule has 1 fully saturated rings. The maximum Gasteiger partial charge on any atom is 0.257 e. The topological polar surface area (TPSA) is 61.4 Å². The van der Waals surface area contributed by atoms with Crippen molar-refractivity contribution in [2.45, 2.75) is 32.4 Å². The molecule has 0 aliphatic carbocycles. The highest BCUT2D eigenvalue weighted by Crippen LogP contribution is 2.34. The van der Waals surface area contributed by atoms with E-state index in [0.717, 1.165) is 36.7 Å². The van der Waals surface area contributed by atoms with Crippen LogP contribution in [0.1, 0.15) is 48.3 Å². The van der Waals surface area contributed by atoms with Gasteiger partial charge < -0.3 is 15.1 Å². The minimum Gasteiger partial charge on any atom is -0.361 e. The standard InChI is InChI=1S/C19H22ClN5O/c1-2-7-25-17(23-16-10-14(20)5-6-15(16)18(25)26)13-11-21-19(22-12-13)24-8-3-4-9-24/h5-6,10-12,17,23H,2-4,7-9H2,1H3. The summed E-state index contributed by atoms with van der Waals surface area (Å²) < 4.78 is 0. The lowest BCUT2D eigenvalue weighted by molar-refractivity contribution is 0.0683. The molecule has 2 aliphatic heterocycles. The number of halogens is 1. The molecule has 1 atom stereocenters. The first kappa shape index (κ1) is 17.1. The van der Waals surface area contributed by atoms with Gasteiger partial charge >= 0.3 is 0 Å². The van der Waals surface area contributed by atoms with E-state index in [1.807, 2.05) is 17.3 Å². The number of nitrogens with zero attached hydrogens (tertiary/aromatic N) is 4. The molecule has 2 aromatic rings. The van der Waals surface area contributed by atoms with Crippen LogP contribution in [0.2, 0.25) is 5.02 Å². The molecule has 0 bridgehead atoms. The molecule has 0 radical (unpaired) electrons. The average molecular weight is 372 g/mol. The lowest BCUT2D eigenvalue weighted by Gasteiger charge is -2.37. The highest BCUT2D eigenvalue weighted by Gasteiger charge is 2.33. The molecule has 4 rings (SSSR count). The van der Waals surface area contributed by atoms with Gasteiger partial charge in [0.1, 0.15) is 6.17 Å². The zero-order valence-corrected chi connectivity index (χ0v) is 15.5. The minimum atomic E-state index is -0.291. The summed E-state index contributed by atoms with van der Waals surface area (Å²) in [5.74, 6) is 0.768. The zero-order chi connectivity index (χ0) is 18.1. The van der Waals surface area contributed by atoms with Gasteiger partial charge in [-0.1, -0.05) is 18.5 Å². The third-order valence-electron chi connectivity index (χ3n) is 4.90. The Labute approximate surface area is 158 Å². The highest BCUT2D eigenvalue weighted by atomic mass is 35.5. The molecule has 1 N–H and O–H groups in total. The maximum atomic E-state index is 13.0. The number of anilines is 2. The van der Waals surface area contributed by atoms with Crippen LogP contribution in [-0.2, 0) is 0 Å². The van der Waals surface area contributed by atoms with E-state index in [1.54, 1.807) is 18.2 Å². The van der Waals surface area contributed by atoms with E-state index in [1.165, 1.54) is 12.8 Å². The van der Waals surface area contributed by atoms with Gasteiger partial charge in [-0.2, -0.15) is 0 Å². The number of hydrogen-bond acceptors (Lipinski definition) is 5. The van der Waals surface area contributed by atoms with E-state index in [9.17, 15) is 4.79 Å². The van der Waals surface area contributed by atoms with Gasteiger partial charge in [-0.05, 0) is 37.5 Å². The van der Waals surface area contributed by atoms with Crippen LogP contribution >= 0.6 is 11.6 Å². The fourth-order valence-electron chi connectivity index (χ4n) is 3.61. The molecule has 1 saturated heterocycles. The Bertz CT molecular complexity index is 804. The monoisotopic (exact) mass is 371 g/mol. The van der Waals surface area contributed by atoms with Gasteiger partial charge in [0.05, 0.1) is 11.3 Å². The van der Waals surface area contributed by atoms with Gasteiger partial charge in [0.2, 0.25) is 5.95 Å². The fraction of sp³-hybridized carbons (Fsp3) is 0.421. The summed E-state index contributed by atoms with van der Waals surface area (Å²) in [7, 11) is 0. The predicted octanol–water partition coefficient (Wildman–Crippen LogP) is 3.71. The molecule has 0 spiro atoms. The summed E-state index contributed by atoms with van der Waals surface area (Å²) in [6, 6.07) is 5.32. The highest BCUT2D eigenvalue weighted by molar-refractivity contribution is 6.31. The van der Waals surface area contributed by atoms with E-state index in [-0.39, 0.29) is 12.1 Å². The average Bonchev–Trinajstić information content (AvgIpc) is 3.19. The first-order chi connectivity index (χ1) is 12.7. The lowest BCUT2D eigenvalue weighted by Crippen LogP contribution is -2.43. The van der Waals surface area contributed by atoms with Crippen molar-refractivity contribution in [3.63, 3.8) is 0 Å². The van der Waals surface area contributed by atoms with Crippen molar-refractivity contribution in [2.24, 2.45) is 0 Å². The zero-order valence-electron chi connectivity index (χ0n) is 14.8. The van der Waals surface area contributed by atoms with Gasteiger partial charge in [-0.15, -0.1) is 0 Å². The second-order valence-corrected chi connectivity index (χ2v) is 7.18. The van der Waals surface area contributed by atoms with Crippen molar-refractivity contribution in [1.29, 1.82) is 0 Å². The molecule has 1 unspecified atom stereocenters. The normalized spacial score (nSPS) is 19.5. The SMILES string of the molecule is CCCN1C(=O)c2ccc(Cl)cc2NC1c1cnc(N2CCCC2)nc1. The number of hydrogen-bond donors (Lipinski definition) is 1. The molecule has 2 aliphatic rings. The Balaban J connectivity index is 1.65. The van der Waals surface area contributed by atoms with E-state index in [0.29, 0.717) is 17.1 Å². The first-order valence-electron chi connectivity index (χ1n) is 9.11. The molecule has 6 nitrogen and oxygen atoms in total. The summed E-state index contributed by atoms with van der Waals surface area (Å²) in [6.45, 7) is 4.74. The number of amides is 1. The third kappa shape index (κ3) is 3.09. The number of nitrogens with one attached hydrogen (secondary N) is 1. The molecule has 136 valence electrons. The van der Waals surface area contributed by atoms with E-state index < -0.39 is 0 Å². The van der Waals surface area contributed by atoms with E-state index in [4.69, 9.17) is 11.6 Å². The Hall–Kier alpha value is -2.34. The molecular formula is C19H22ClN5O. The van der Waals surface area contributed by atoms with Crippen LogP contribution < -0.4 is 10.2 Å². The Morgan fingerprint density at radius 1 is 1.23 bits per heavy atom. The van der Waals surface area contributed by atoms with Gasteiger partial charge in [0.15, 0.2) is 0 Å². The summed E-state index contributed by atoms with van der Waals surface area (Å²) in [5.41, 5.74) is 2.28. The summed E-state index contributed by atoms with van der Waals surface area (Å²) in [6.07, 6.45) is 6.60. The molecule has 1 aromatic carbocycles. The quantitative estimate of drug-likeness (QED) is 0.887. The minimum absolute atomic E-state index is 0.00545. The van der Waals surface area contributed by atoms with Crippen LogP contribution in [0.15, 0.2) is 30.6 Å². The van der Waals surface area contributed by atoms with Crippen LogP contribution in [0.3, 0.4) is 0 Å². The number of rotatable bonds is 4. The maximum absolute atomic E-state index is 13.0. The molecule has 7 heteroatoms. The van der Waals surface area contributed by atoms with Crippen molar-refractivity contribution in [3.8, 4) is 0 Å². The number of benzene rings is 1. The van der Waals surface area contributed by atoms with Gasteiger partial charge in [0, 0.05) is 42.6 Å². The van der Waals surface area contributed by atoms with Gasteiger partial charge in [0.25, 0.3) is 5.91 Å². The van der Waals surface area contributed by atoms with Crippen LogP contribution in [0.4, 0.5) is 11.6 Å². The van der Waals surface area contributed by atoms with E-state index >= 15 is 0 Å². The lowest BCUT2D eigenvalue weighted by atomic mass is 10.0. The smallest absolute Gasteiger partial charge is 0.257 e. The first-order valence-corrected chi connectivity index (χ1v) is 9.49.